The van der Waals surface area contributed by atoms with Gasteiger partial charge in [0.25, 0.3) is 5.91 Å². The SMILES string of the molecule is COC(=O)C[C@@H]1CCCN1C(=O)c1cccc2c1OCCC2. The van der Waals surface area contributed by atoms with Gasteiger partial charge in [-0.3, -0.25) is 9.59 Å². The molecule has 2 aliphatic heterocycles. The molecule has 2 aliphatic rings. The summed E-state index contributed by atoms with van der Waals surface area (Å²) in [6.45, 7) is 1.34. The molecule has 1 saturated heterocycles. The number of esters is 1. The fraction of sp³-hybridized carbons (Fsp3) is 0.529. The van der Waals surface area contributed by atoms with Crippen LogP contribution in [-0.4, -0.2) is 43.1 Å². The first kappa shape index (κ1) is 14.9. The molecular formula is C17H21NO4. The van der Waals surface area contributed by atoms with Crippen LogP contribution in [0.15, 0.2) is 18.2 Å². The van der Waals surface area contributed by atoms with Crippen LogP contribution in [0.1, 0.15) is 41.6 Å². The molecule has 0 spiro atoms. The number of carbonyl (C=O) groups is 2. The van der Waals surface area contributed by atoms with Crippen LogP contribution in [0.25, 0.3) is 0 Å². The third-order valence-electron chi connectivity index (χ3n) is 4.43. The first-order valence-electron chi connectivity index (χ1n) is 7.83. The van der Waals surface area contributed by atoms with Crippen LogP contribution in [0.3, 0.4) is 0 Å². The fourth-order valence-corrected chi connectivity index (χ4v) is 3.30. The number of para-hydroxylation sites is 1. The summed E-state index contributed by atoms with van der Waals surface area (Å²) in [5, 5.41) is 0. The minimum absolute atomic E-state index is 0.0369. The van der Waals surface area contributed by atoms with Gasteiger partial charge in [0.15, 0.2) is 0 Å². The van der Waals surface area contributed by atoms with Gasteiger partial charge in [0.1, 0.15) is 5.75 Å². The molecule has 2 heterocycles. The topological polar surface area (TPSA) is 55.8 Å². The highest BCUT2D eigenvalue weighted by Gasteiger charge is 2.33. The average Bonchev–Trinajstić information content (AvgIpc) is 3.01. The highest BCUT2D eigenvalue weighted by atomic mass is 16.5. The van der Waals surface area contributed by atoms with E-state index in [1.807, 2.05) is 18.2 Å². The minimum atomic E-state index is -0.268. The molecule has 0 aliphatic carbocycles. The number of amides is 1. The van der Waals surface area contributed by atoms with E-state index in [0.717, 1.165) is 37.0 Å². The second-order valence-corrected chi connectivity index (χ2v) is 5.82. The third-order valence-corrected chi connectivity index (χ3v) is 4.43. The molecule has 0 aromatic heterocycles. The molecule has 1 atom stereocenters. The summed E-state index contributed by atoms with van der Waals surface area (Å²) in [6.07, 6.45) is 3.96. The Balaban J connectivity index is 1.83. The number of hydrogen-bond acceptors (Lipinski definition) is 4. The number of carbonyl (C=O) groups excluding carboxylic acids is 2. The number of methoxy groups -OCH3 is 1. The summed E-state index contributed by atoms with van der Waals surface area (Å²) >= 11 is 0. The molecule has 0 saturated carbocycles. The zero-order valence-electron chi connectivity index (χ0n) is 12.8. The molecule has 1 fully saturated rings. The van der Waals surface area contributed by atoms with E-state index in [-0.39, 0.29) is 24.3 Å². The quantitative estimate of drug-likeness (QED) is 0.803. The number of hydrogen-bond donors (Lipinski definition) is 0. The van der Waals surface area contributed by atoms with Crippen LogP contribution in [0.5, 0.6) is 5.75 Å². The first-order chi connectivity index (χ1) is 10.7. The fourth-order valence-electron chi connectivity index (χ4n) is 3.30. The van der Waals surface area contributed by atoms with Crippen molar-refractivity contribution in [2.45, 2.75) is 38.1 Å². The van der Waals surface area contributed by atoms with Crippen LogP contribution in [0, 0.1) is 0 Å². The Morgan fingerprint density at radius 3 is 3.05 bits per heavy atom. The lowest BCUT2D eigenvalue weighted by Gasteiger charge is -2.26. The summed E-state index contributed by atoms with van der Waals surface area (Å²) in [5.74, 6) is 0.420. The van der Waals surface area contributed by atoms with E-state index >= 15 is 0 Å². The van der Waals surface area contributed by atoms with Crippen molar-refractivity contribution in [3.05, 3.63) is 29.3 Å². The van der Waals surface area contributed by atoms with E-state index in [9.17, 15) is 9.59 Å². The lowest BCUT2D eigenvalue weighted by molar-refractivity contribution is -0.141. The minimum Gasteiger partial charge on any atom is -0.492 e. The molecule has 118 valence electrons. The third kappa shape index (κ3) is 2.80. The standard InChI is InChI=1S/C17H21NO4/c1-21-15(19)11-13-7-3-9-18(13)17(20)14-8-2-5-12-6-4-10-22-16(12)14/h2,5,8,13H,3-4,6-7,9-11H2,1H3/t13-/m0/s1. The first-order valence-corrected chi connectivity index (χ1v) is 7.83. The Hall–Kier alpha value is -2.04. The second kappa shape index (κ2) is 6.38. The van der Waals surface area contributed by atoms with E-state index in [2.05, 4.69) is 0 Å². The van der Waals surface area contributed by atoms with Gasteiger partial charge < -0.3 is 14.4 Å². The molecule has 0 unspecified atom stereocenters. The summed E-state index contributed by atoms with van der Waals surface area (Å²) in [4.78, 5) is 26.2. The molecule has 0 N–H and O–H groups in total. The van der Waals surface area contributed by atoms with Gasteiger partial charge in [-0.2, -0.15) is 0 Å². The number of fused-ring (bicyclic) bond motifs is 1. The van der Waals surface area contributed by atoms with Crippen molar-refractivity contribution in [2.75, 3.05) is 20.3 Å². The van der Waals surface area contributed by atoms with Gasteiger partial charge in [-0.15, -0.1) is 0 Å². The van der Waals surface area contributed by atoms with Gasteiger partial charge in [0, 0.05) is 12.6 Å². The Morgan fingerprint density at radius 2 is 2.23 bits per heavy atom. The van der Waals surface area contributed by atoms with Crippen molar-refractivity contribution in [2.24, 2.45) is 0 Å². The van der Waals surface area contributed by atoms with Crippen LogP contribution < -0.4 is 4.74 Å². The van der Waals surface area contributed by atoms with Gasteiger partial charge in [-0.25, -0.2) is 0 Å². The summed E-state index contributed by atoms with van der Waals surface area (Å²) in [7, 11) is 1.38. The van der Waals surface area contributed by atoms with Crippen molar-refractivity contribution in [1.82, 2.24) is 4.90 Å². The van der Waals surface area contributed by atoms with E-state index in [4.69, 9.17) is 9.47 Å². The Kier molecular flexibility index (Phi) is 4.32. The largest absolute Gasteiger partial charge is 0.492 e. The number of aryl methyl sites for hydroxylation is 1. The van der Waals surface area contributed by atoms with Crippen molar-refractivity contribution in [3.8, 4) is 5.75 Å². The Labute approximate surface area is 130 Å². The highest BCUT2D eigenvalue weighted by Crippen LogP contribution is 2.32. The van der Waals surface area contributed by atoms with Gasteiger partial charge in [-0.1, -0.05) is 12.1 Å². The van der Waals surface area contributed by atoms with Crippen LogP contribution in [0.2, 0.25) is 0 Å². The van der Waals surface area contributed by atoms with E-state index in [1.54, 1.807) is 4.90 Å². The molecule has 1 aromatic rings. The molecule has 1 amide bonds. The lowest BCUT2D eigenvalue weighted by Crippen LogP contribution is -2.37. The smallest absolute Gasteiger partial charge is 0.307 e. The molecule has 5 heteroatoms. The number of rotatable bonds is 3. The van der Waals surface area contributed by atoms with E-state index < -0.39 is 0 Å². The molecule has 0 bridgehead atoms. The predicted molar refractivity (Wildman–Crippen MR) is 80.9 cm³/mol. The monoisotopic (exact) mass is 303 g/mol. The zero-order chi connectivity index (χ0) is 15.5. The maximum absolute atomic E-state index is 12.9. The average molecular weight is 303 g/mol. The summed E-state index contributed by atoms with van der Waals surface area (Å²) in [6, 6.07) is 5.67. The van der Waals surface area contributed by atoms with E-state index in [0.29, 0.717) is 18.7 Å². The Morgan fingerprint density at radius 1 is 1.36 bits per heavy atom. The van der Waals surface area contributed by atoms with Crippen LogP contribution >= 0.6 is 0 Å². The molecule has 3 rings (SSSR count). The second-order valence-electron chi connectivity index (χ2n) is 5.82. The normalized spacial score (nSPS) is 20.2. The number of ether oxygens (including phenoxy) is 2. The van der Waals surface area contributed by atoms with Crippen LogP contribution in [0.4, 0.5) is 0 Å². The van der Waals surface area contributed by atoms with Crippen molar-refractivity contribution >= 4 is 11.9 Å². The van der Waals surface area contributed by atoms with Crippen molar-refractivity contribution in [1.29, 1.82) is 0 Å². The predicted octanol–water partition coefficient (Wildman–Crippen LogP) is 2.18. The molecule has 22 heavy (non-hydrogen) atoms. The van der Waals surface area contributed by atoms with Crippen molar-refractivity contribution < 1.29 is 19.1 Å². The summed E-state index contributed by atoms with van der Waals surface area (Å²) in [5.41, 5.74) is 1.72. The van der Waals surface area contributed by atoms with Gasteiger partial charge >= 0.3 is 5.97 Å². The van der Waals surface area contributed by atoms with Gasteiger partial charge in [0.2, 0.25) is 0 Å². The number of likely N-dealkylation sites (tertiary alicyclic amines) is 1. The molecule has 5 nitrogen and oxygen atoms in total. The lowest BCUT2D eigenvalue weighted by atomic mass is 10.0. The Bertz CT molecular complexity index is 584. The molecule has 1 aromatic carbocycles. The molecule has 0 radical (unpaired) electrons. The maximum atomic E-state index is 12.9. The van der Waals surface area contributed by atoms with Crippen molar-refractivity contribution in [3.63, 3.8) is 0 Å². The summed E-state index contributed by atoms with van der Waals surface area (Å²) < 4.78 is 10.5. The zero-order valence-corrected chi connectivity index (χ0v) is 12.8. The van der Waals surface area contributed by atoms with Gasteiger partial charge in [-0.05, 0) is 37.3 Å². The number of nitrogens with zero attached hydrogens (tertiary/aromatic N) is 1. The van der Waals surface area contributed by atoms with E-state index in [1.165, 1.54) is 7.11 Å². The maximum Gasteiger partial charge on any atom is 0.307 e. The van der Waals surface area contributed by atoms with Crippen LogP contribution in [-0.2, 0) is 16.0 Å². The number of benzene rings is 1. The highest BCUT2D eigenvalue weighted by molar-refractivity contribution is 5.98. The molecular weight excluding hydrogens is 282 g/mol. The van der Waals surface area contributed by atoms with Gasteiger partial charge in [0.05, 0.1) is 25.7 Å².